The lowest BCUT2D eigenvalue weighted by Crippen LogP contribution is -2.21. The molecule has 1 N–H and O–H groups in total. The van der Waals surface area contributed by atoms with Crippen molar-refractivity contribution in [3.8, 4) is 0 Å². The SMILES string of the molecule is O=S(=O)(O)C(F)(F)F.[H+].c1ccoc1. The standard InChI is InChI=1S/C4H4O.CHF3O3S/c1-2-4-5-3-1;2-1(3,4)8(5,6)7/h1-4H;(H,5,6,7)/p+1. The number of rotatable bonds is 0. The van der Waals surface area contributed by atoms with Crippen LogP contribution in [0.15, 0.2) is 29.1 Å². The number of hydrogen-bond donors (Lipinski definition) is 1. The van der Waals surface area contributed by atoms with Gasteiger partial charge in [0.25, 0.3) is 0 Å². The molecule has 13 heavy (non-hydrogen) atoms. The lowest BCUT2D eigenvalue weighted by molar-refractivity contribution is -0.0510. The van der Waals surface area contributed by atoms with Crippen molar-refractivity contribution in [2.45, 2.75) is 5.51 Å². The second kappa shape index (κ2) is 4.28. The molecule has 0 amide bonds. The molecule has 0 aliphatic rings. The van der Waals surface area contributed by atoms with Crippen molar-refractivity contribution in [2.75, 3.05) is 0 Å². The molecule has 8 heteroatoms. The van der Waals surface area contributed by atoms with Crippen LogP contribution in [-0.4, -0.2) is 18.5 Å². The number of alkyl halides is 3. The Morgan fingerprint density at radius 1 is 1.23 bits per heavy atom. The fourth-order valence-electron chi connectivity index (χ4n) is 0.227. The van der Waals surface area contributed by atoms with Gasteiger partial charge >= 0.3 is 17.1 Å². The fourth-order valence-corrected chi connectivity index (χ4v) is 0.227. The summed E-state index contributed by atoms with van der Waals surface area (Å²) in [7, 11) is -5.84. The van der Waals surface area contributed by atoms with E-state index >= 15 is 0 Å². The maximum atomic E-state index is 10.7. The lowest BCUT2D eigenvalue weighted by atomic mass is 10.7. The van der Waals surface area contributed by atoms with Crippen molar-refractivity contribution in [1.29, 1.82) is 0 Å². The molecule has 0 aliphatic carbocycles. The quantitative estimate of drug-likeness (QED) is 0.533. The summed E-state index contributed by atoms with van der Waals surface area (Å²) in [6.07, 6.45) is 3.25. The summed E-state index contributed by atoms with van der Waals surface area (Å²) in [5, 5.41) is 0. The topological polar surface area (TPSA) is 67.5 Å². The highest BCUT2D eigenvalue weighted by Gasteiger charge is 2.44. The van der Waals surface area contributed by atoms with Gasteiger partial charge in [-0.05, 0) is 12.1 Å². The fraction of sp³-hybridized carbons (Fsp3) is 0.200. The first kappa shape index (κ1) is 12.0. The first-order valence-corrected chi connectivity index (χ1v) is 4.20. The van der Waals surface area contributed by atoms with Crippen LogP contribution in [0.3, 0.4) is 0 Å². The third-order valence-electron chi connectivity index (χ3n) is 0.718. The molecule has 0 aliphatic heterocycles. The van der Waals surface area contributed by atoms with E-state index in [1.807, 2.05) is 12.1 Å². The third kappa shape index (κ3) is 5.26. The van der Waals surface area contributed by atoms with E-state index in [4.69, 9.17) is 13.0 Å². The summed E-state index contributed by atoms with van der Waals surface area (Å²) >= 11 is 0. The van der Waals surface area contributed by atoms with E-state index in [0.29, 0.717) is 0 Å². The molecule has 0 bridgehead atoms. The molecule has 1 rings (SSSR count). The molecule has 1 aromatic heterocycles. The molecule has 0 atom stereocenters. The molecule has 1 aromatic rings. The molecule has 0 fully saturated rings. The molecule has 0 radical (unpaired) electrons. The van der Waals surface area contributed by atoms with E-state index < -0.39 is 15.6 Å². The first-order chi connectivity index (χ1) is 5.75. The van der Waals surface area contributed by atoms with Gasteiger partial charge in [0.15, 0.2) is 0 Å². The second-order valence-electron chi connectivity index (χ2n) is 1.71. The Labute approximate surface area is 73.2 Å². The van der Waals surface area contributed by atoms with E-state index in [0.717, 1.165) is 0 Å². The molecule has 0 saturated carbocycles. The largest absolute Gasteiger partial charge is 1.00 e. The predicted octanol–water partition coefficient (Wildman–Crippen LogP) is 1.79. The molecule has 76 valence electrons. The highest BCUT2D eigenvalue weighted by atomic mass is 32.2. The zero-order chi connectivity index (χ0) is 10.5. The highest BCUT2D eigenvalue weighted by Crippen LogP contribution is 2.20. The van der Waals surface area contributed by atoms with Crippen molar-refractivity contribution in [3.05, 3.63) is 24.7 Å². The molecule has 4 nitrogen and oxygen atoms in total. The normalized spacial score (nSPS) is 11.7. The molecule has 0 spiro atoms. The summed E-state index contributed by atoms with van der Waals surface area (Å²) in [5.74, 6) is 0. The molecule has 0 aromatic carbocycles. The molecule has 0 saturated heterocycles. The van der Waals surface area contributed by atoms with Crippen LogP contribution in [0.25, 0.3) is 0 Å². The zero-order valence-electron chi connectivity index (χ0n) is 7.02. The van der Waals surface area contributed by atoms with Gasteiger partial charge in [-0.15, -0.1) is 0 Å². The number of halogens is 3. The van der Waals surface area contributed by atoms with E-state index in [-0.39, 0.29) is 1.43 Å². The van der Waals surface area contributed by atoms with Gasteiger partial charge < -0.3 is 4.42 Å². The first-order valence-electron chi connectivity index (χ1n) is 2.76. The van der Waals surface area contributed by atoms with Crippen LogP contribution < -0.4 is 0 Å². The van der Waals surface area contributed by atoms with Crippen molar-refractivity contribution in [3.63, 3.8) is 0 Å². The van der Waals surface area contributed by atoms with E-state index in [1.165, 1.54) is 0 Å². The average Bonchev–Trinajstić information content (AvgIpc) is 2.35. The molecule has 0 unspecified atom stereocenters. The van der Waals surface area contributed by atoms with Crippen LogP contribution >= 0.6 is 0 Å². The lowest BCUT2D eigenvalue weighted by Gasteiger charge is -1.97. The van der Waals surface area contributed by atoms with E-state index in [1.54, 1.807) is 12.5 Å². The van der Waals surface area contributed by atoms with Gasteiger partial charge in [-0.25, -0.2) is 0 Å². The Hall–Kier alpha value is -1.02. The van der Waals surface area contributed by atoms with Crippen molar-refractivity contribution < 1.29 is 32.0 Å². The Morgan fingerprint density at radius 2 is 1.54 bits per heavy atom. The van der Waals surface area contributed by atoms with Crippen molar-refractivity contribution in [1.82, 2.24) is 0 Å². The third-order valence-corrected chi connectivity index (χ3v) is 1.30. The summed E-state index contributed by atoms with van der Waals surface area (Å²) in [5.41, 5.74) is -5.53. The number of hydrogen-bond acceptors (Lipinski definition) is 3. The Bertz CT molecular complexity index is 300. The Kier molecular flexibility index (Phi) is 3.95. The van der Waals surface area contributed by atoms with Gasteiger partial charge in [-0.1, -0.05) is 0 Å². The maximum absolute atomic E-state index is 10.7. The zero-order valence-corrected chi connectivity index (χ0v) is 6.84. The smallest absolute Gasteiger partial charge is 0.473 e. The van der Waals surface area contributed by atoms with Crippen LogP contribution in [0.2, 0.25) is 0 Å². The van der Waals surface area contributed by atoms with Crippen LogP contribution in [0.4, 0.5) is 13.2 Å². The van der Waals surface area contributed by atoms with E-state index in [2.05, 4.69) is 4.42 Å². The van der Waals surface area contributed by atoms with Gasteiger partial charge in [0, 0.05) is 0 Å². The van der Waals surface area contributed by atoms with Gasteiger partial charge in [0.2, 0.25) is 0 Å². The highest BCUT2D eigenvalue weighted by molar-refractivity contribution is 7.86. The second-order valence-corrected chi connectivity index (χ2v) is 3.13. The van der Waals surface area contributed by atoms with Gasteiger partial charge in [0.05, 0.1) is 12.5 Å². The maximum Gasteiger partial charge on any atom is 1.00 e. The van der Waals surface area contributed by atoms with Gasteiger partial charge in [-0.2, -0.15) is 21.6 Å². The monoisotopic (exact) mass is 219 g/mol. The van der Waals surface area contributed by atoms with E-state index in [9.17, 15) is 13.2 Å². The minimum absolute atomic E-state index is 0. The van der Waals surface area contributed by atoms with Crippen molar-refractivity contribution >= 4 is 10.1 Å². The molecular formula is C5H6F3O4S+. The summed E-state index contributed by atoms with van der Waals surface area (Å²) in [4.78, 5) is 0. The Balaban J connectivity index is 0. The molecular weight excluding hydrogens is 213 g/mol. The molecule has 1 heterocycles. The summed E-state index contributed by atoms with van der Waals surface area (Å²) < 4.78 is 62.1. The average molecular weight is 219 g/mol. The number of furan rings is 1. The minimum atomic E-state index is -5.84. The Morgan fingerprint density at radius 3 is 1.62 bits per heavy atom. The summed E-state index contributed by atoms with van der Waals surface area (Å²) in [6.45, 7) is 0. The van der Waals surface area contributed by atoms with Crippen LogP contribution in [-0.2, 0) is 10.1 Å². The van der Waals surface area contributed by atoms with Crippen LogP contribution in [0, 0.1) is 0 Å². The van der Waals surface area contributed by atoms with Crippen molar-refractivity contribution in [2.24, 2.45) is 0 Å². The van der Waals surface area contributed by atoms with Crippen LogP contribution in [0.1, 0.15) is 1.43 Å². The minimum Gasteiger partial charge on any atom is -0.473 e. The van der Waals surface area contributed by atoms with Gasteiger partial charge in [-0.3, -0.25) is 4.55 Å². The summed E-state index contributed by atoms with van der Waals surface area (Å²) in [6, 6.07) is 3.67. The van der Waals surface area contributed by atoms with Gasteiger partial charge in [0.1, 0.15) is 0 Å². The predicted molar refractivity (Wildman–Crippen MR) is 37.4 cm³/mol. The van der Waals surface area contributed by atoms with Crippen LogP contribution in [0.5, 0.6) is 0 Å².